The lowest BCUT2D eigenvalue weighted by Crippen LogP contribution is -1.99. The molecule has 0 amide bonds. The number of hydrogen-bond donors (Lipinski definition) is 1. The molecule has 0 saturated carbocycles. The van der Waals surface area contributed by atoms with E-state index in [2.05, 4.69) is 40.1 Å². The Bertz CT molecular complexity index is 662. The van der Waals surface area contributed by atoms with Crippen molar-refractivity contribution in [3.63, 3.8) is 0 Å². The second-order valence-corrected chi connectivity index (χ2v) is 6.52. The van der Waals surface area contributed by atoms with E-state index in [0.717, 1.165) is 15.8 Å². The highest BCUT2D eigenvalue weighted by atomic mass is 79.9. The fourth-order valence-electron chi connectivity index (χ4n) is 1.86. The molecule has 2 aromatic rings. The van der Waals surface area contributed by atoms with Crippen molar-refractivity contribution in [3.8, 4) is 11.6 Å². The number of benzene rings is 1. The number of pyridine rings is 1. The van der Waals surface area contributed by atoms with Gasteiger partial charge in [-0.3, -0.25) is 0 Å². The second-order valence-electron chi connectivity index (χ2n) is 4.79. The monoisotopic (exact) mass is 388 g/mol. The largest absolute Gasteiger partial charge is 0.437 e. The van der Waals surface area contributed by atoms with Gasteiger partial charge in [0.2, 0.25) is 5.88 Å². The fourth-order valence-corrected chi connectivity index (χ4v) is 2.73. The average Bonchev–Trinajstić information content (AvgIpc) is 2.43. The molecule has 1 N–H and O–H groups in total. The van der Waals surface area contributed by atoms with Crippen LogP contribution in [0, 0.1) is 0 Å². The molecule has 0 bridgehead atoms. The minimum atomic E-state index is 0.312. The van der Waals surface area contributed by atoms with E-state index >= 15 is 0 Å². The number of nitrogens with zero attached hydrogens (tertiary/aromatic N) is 1. The van der Waals surface area contributed by atoms with E-state index in [1.54, 1.807) is 13.1 Å². The summed E-state index contributed by atoms with van der Waals surface area (Å²) >= 11 is 15.7. The molecule has 0 radical (unpaired) electrons. The Labute approximate surface area is 142 Å². The Balaban J connectivity index is 2.43. The van der Waals surface area contributed by atoms with E-state index in [4.69, 9.17) is 27.9 Å². The van der Waals surface area contributed by atoms with Crippen molar-refractivity contribution in [2.24, 2.45) is 0 Å². The smallest absolute Gasteiger partial charge is 0.240 e. The third-order valence-electron chi connectivity index (χ3n) is 2.93. The van der Waals surface area contributed by atoms with Crippen LogP contribution >= 0.6 is 39.1 Å². The summed E-state index contributed by atoms with van der Waals surface area (Å²) in [6.45, 7) is 4.20. The first-order valence-electron chi connectivity index (χ1n) is 6.43. The molecular formula is C15H15BrCl2N2O. The van der Waals surface area contributed by atoms with Gasteiger partial charge in [-0.05, 0) is 35.7 Å². The van der Waals surface area contributed by atoms with Crippen LogP contribution in [0.3, 0.4) is 0 Å². The molecule has 0 aliphatic heterocycles. The maximum atomic E-state index is 6.16. The van der Waals surface area contributed by atoms with Gasteiger partial charge in [0.15, 0.2) is 0 Å². The van der Waals surface area contributed by atoms with Gasteiger partial charge in [-0.2, -0.15) is 4.98 Å². The molecule has 0 aliphatic rings. The Morgan fingerprint density at radius 3 is 2.52 bits per heavy atom. The van der Waals surface area contributed by atoms with Crippen LogP contribution in [0.1, 0.15) is 25.3 Å². The van der Waals surface area contributed by atoms with E-state index < -0.39 is 0 Å². The highest BCUT2D eigenvalue weighted by Gasteiger charge is 2.14. The SMILES string of the molecule is CNc1nc(Oc2ccc(Br)cc2C(C)C)c(Cl)cc1Cl. The van der Waals surface area contributed by atoms with E-state index in [9.17, 15) is 0 Å². The fraction of sp³-hybridized carbons (Fsp3) is 0.267. The maximum Gasteiger partial charge on any atom is 0.240 e. The number of aromatic nitrogens is 1. The second kappa shape index (κ2) is 6.86. The topological polar surface area (TPSA) is 34.2 Å². The molecule has 1 heterocycles. The van der Waals surface area contributed by atoms with Crippen LogP contribution < -0.4 is 10.1 Å². The van der Waals surface area contributed by atoms with Crippen LogP contribution in [0.2, 0.25) is 10.0 Å². The first-order chi connectivity index (χ1) is 9.92. The Kier molecular flexibility index (Phi) is 5.36. The number of anilines is 1. The van der Waals surface area contributed by atoms with Crippen molar-refractivity contribution in [1.82, 2.24) is 4.98 Å². The molecule has 3 nitrogen and oxygen atoms in total. The lowest BCUT2D eigenvalue weighted by atomic mass is 10.0. The van der Waals surface area contributed by atoms with Gasteiger partial charge in [-0.25, -0.2) is 0 Å². The summed E-state index contributed by atoms with van der Waals surface area (Å²) in [5.41, 5.74) is 1.07. The van der Waals surface area contributed by atoms with Crippen LogP contribution in [-0.2, 0) is 0 Å². The summed E-state index contributed by atoms with van der Waals surface area (Å²) in [7, 11) is 1.74. The predicted molar refractivity (Wildman–Crippen MR) is 92.1 cm³/mol. The normalized spacial score (nSPS) is 10.8. The molecule has 0 fully saturated rings. The molecular weight excluding hydrogens is 375 g/mol. The van der Waals surface area contributed by atoms with Gasteiger partial charge in [0, 0.05) is 11.5 Å². The van der Waals surface area contributed by atoms with Gasteiger partial charge in [0.1, 0.15) is 16.6 Å². The number of nitrogens with one attached hydrogen (secondary N) is 1. The van der Waals surface area contributed by atoms with Crippen molar-refractivity contribution < 1.29 is 4.74 Å². The predicted octanol–water partition coefficient (Wildman–Crippen LogP) is 6.11. The zero-order valence-electron chi connectivity index (χ0n) is 11.9. The van der Waals surface area contributed by atoms with Gasteiger partial charge in [0.05, 0.1) is 5.02 Å². The molecule has 6 heteroatoms. The number of hydrogen-bond acceptors (Lipinski definition) is 3. The molecule has 21 heavy (non-hydrogen) atoms. The van der Waals surface area contributed by atoms with E-state index in [1.807, 2.05) is 18.2 Å². The first-order valence-corrected chi connectivity index (χ1v) is 7.98. The summed E-state index contributed by atoms with van der Waals surface area (Å²) < 4.78 is 6.90. The minimum absolute atomic E-state index is 0.312. The zero-order valence-corrected chi connectivity index (χ0v) is 15.0. The summed E-state index contributed by atoms with van der Waals surface area (Å²) in [6.07, 6.45) is 0. The van der Waals surface area contributed by atoms with Crippen molar-refractivity contribution in [3.05, 3.63) is 44.3 Å². The lowest BCUT2D eigenvalue weighted by Gasteiger charge is -2.15. The van der Waals surface area contributed by atoms with Crippen molar-refractivity contribution in [1.29, 1.82) is 0 Å². The highest BCUT2D eigenvalue weighted by molar-refractivity contribution is 9.10. The van der Waals surface area contributed by atoms with Gasteiger partial charge < -0.3 is 10.1 Å². The van der Waals surface area contributed by atoms with Crippen LogP contribution in [0.5, 0.6) is 11.6 Å². The van der Waals surface area contributed by atoms with Gasteiger partial charge in [-0.1, -0.05) is 53.0 Å². The quantitative estimate of drug-likeness (QED) is 0.684. The summed E-state index contributed by atoms with van der Waals surface area (Å²) in [6, 6.07) is 7.46. The van der Waals surface area contributed by atoms with E-state index in [-0.39, 0.29) is 0 Å². The standard InChI is InChI=1S/C15H15BrCl2N2O/c1-8(2)10-6-9(16)4-5-13(10)21-15-12(18)7-11(17)14(19-3)20-15/h4-8H,1-3H3,(H,19,20). The van der Waals surface area contributed by atoms with Crippen LogP contribution in [0.4, 0.5) is 5.82 Å². The van der Waals surface area contributed by atoms with Gasteiger partial charge in [-0.15, -0.1) is 0 Å². The van der Waals surface area contributed by atoms with Crippen LogP contribution in [-0.4, -0.2) is 12.0 Å². The summed E-state index contributed by atoms with van der Waals surface area (Å²) in [4.78, 5) is 4.30. The zero-order chi connectivity index (χ0) is 15.6. The molecule has 0 saturated heterocycles. The molecule has 1 aromatic heterocycles. The molecule has 0 spiro atoms. The van der Waals surface area contributed by atoms with E-state index in [0.29, 0.717) is 27.7 Å². The average molecular weight is 390 g/mol. The van der Waals surface area contributed by atoms with Crippen LogP contribution in [0.25, 0.3) is 0 Å². The Morgan fingerprint density at radius 2 is 1.90 bits per heavy atom. The number of ether oxygens (including phenoxy) is 1. The minimum Gasteiger partial charge on any atom is -0.437 e. The molecule has 2 rings (SSSR count). The van der Waals surface area contributed by atoms with Crippen molar-refractivity contribution in [2.45, 2.75) is 19.8 Å². The van der Waals surface area contributed by atoms with Gasteiger partial charge >= 0.3 is 0 Å². The number of rotatable bonds is 4. The molecule has 0 atom stereocenters. The maximum absolute atomic E-state index is 6.16. The first kappa shape index (κ1) is 16.4. The third kappa shape index (κ3) is 3.82. The molecule has 1 aromatic carbocycles. The molecule has 0 unspecified atom stereocenters. The molecule has 112 valence electrons. The lowest BCUT2D eigenvalue weighted by molar-refractivity contribution is 0.455. The van der Waals surface area contributed by atoms with E-state index in [1.165, 1.54) is 0 Å². The third-order valence-corrected chi connectivity index (χ3v) is 3.99. The van der Waals surface area contributed by atoms with Crippen LogP contribution in [0.15, 0.2) is 28.7 Å². The van der Waals surface area contributed by atoms with Crippen molar-refractivity contribution >= 4 is 44.9 Å². The summed E-state index contributed by atoms with van der Waals surface area (Å²) in [5.74, 6) is 1.90. The van der Waals surface area contributed by atoms with Gasteiger partial charge in [0.25, 0.3) is 0 Å². The molecule has 0 aliphatic carbocycles. The summed E-state index contributed by atoms with van der Waals surface area (Å²) in [5, 5.41) is 3.73. The highest BCUT2D eigenvalue weighted by Crippen LogP contribution is 2.37. The Morgan fingerprint density at radius 1 is 1.19 bits per heavy atom. The van der Waals surface area contributed by atoms with Crippen molar-refractivity contribution in [2.75, 3.05) is 12.4 Å². The Hall–Kier alpha value is -0.970. The number of halogens is 3.